The molecule has 0 saturated carbocycles. The highest BCUT2D eigenvalue weighted by Gasteiger charge is 2.11. The summed E-state index contributed by atoms with van der Waals surface area (Å²) >= 11 is 2.25. The first-order chi connectivity index (χ1) is 8.61. The van der Waals surface area contributed by atoms with Gasteiger partial charge in [0.2, 0.25) is 0 Å². The predicted molar refractivity (Wildman–Crippen MR) is 81.0 cm³/mol. The molecule has 0 aliphatic heterocycles. The molecule has 2 aromatic rings. The van der Waals surface area contributed by atoms with Crippen LogP contribution in [0, 0.1) is 10.5 Å². The molecule has 0 bridgehead atoms. The average Bonchev–Trinajstić information content (AvgIpc) is 2.38. The fraction of sp³-hybridized carbons (Fsp3) is 0.200. The third kappa shape index (κ3) is 2.84. The molecule has 2 aromatic carbocycles. The van der Waals surface area contributed by atoms with E-state index in [9.17, 15) is 5.11 Å². The Balaban J connectivity index is 2.31. The Morgan fingerprint density at radius 2 is 1.67 bits per heavy atom. The van der Waals surface area contributed by atoms with Crippen LogP contribution in [0.5, 0.6) is 5.75 Å². The topological polar surface area (TPSA) is 29.5 Å². The summed E-state index contributed by atoms with van der Waals surface area (Å²) in [7, 11) is 1.65. The maximum absolute atomic E-state index is 10.3. The summed E-state index contributed by atoms with van der Waals surface area (Å²) in [5.74, 6) is 0.841. The van der Waals surface area contributed by atoms with Gasteiger partial charge in [-0.15, -0.1) is 0 Å². The number of hydrogen-bond acceptors (Lipinski definition) is 2. The first-order valence-electron chi connectivity index (χ1n) is 5.70. The number of hydrogen-bond donors (Lipinski definition) is 1. The van der Waals surface area contributed by atoms with Crippen molar-refractivity contribution >= 4 is 22.6 Å². The smallest absolute Gasteiger partial charge is 0.121 e. The van der Waals surface area contributed by atoms with Gasteiger partial charge in [-0.25, -0.2) is 0 Å². The Labute approximate surface area is 121 Å². The molecule has 1 N–H and O–H groups in total. The molecule has 0 spiro atoms. The van der Waals surface area contributed by atoms with E-state index in [-0.39, 0.29) is 0 Å². The summed E-state index contributed by atoms with van der Waals surface area (Å²) in [5, 5.41) is 10.3. The molecular formula is C15H15IO2. The van der Waals surface area contributed by atoms with Crippen molar-refractivity contribution in [2.24, 2.45) is 0 Å². The van der Waals surface area contributed by atoms with Crippen LogP contribution in [0.2, 0.25) is 0 Å². The minimum Gasteiger partial charge on any atom is -0.496 e. The SMILES string of the molecule is COc1ccc(C(O)c2ccc(I)cc2)cc1C. The van der Waals surface area contributed by atoms with Crippen LogP contribution in [0.4, 0.5) is 0 Å². The number of ether oxygens (including phenoxy) is 1. The Morgan fingerprint density at radius 3 is 2.22 bits per heavy atom. The van der Waals surface area contributed by atoms with Gasteiger partial charge >= 0.3 is 0 Å². The van der Waals surface area contributed by atoms with E-state index in [1.807, 2.05) is 49.4 Å². The summed E-state index contributed by atoms with van der Waals surface area (Å²) in [6.45, 7) is 1.98. The van der Waals surface area contributed by atoms with Crippen molar-refractivity contribution in [1.82, 2.24) is 0 Å². The predicted octanol–water partition coefficient (Wildman–Crippen LogP) is 3.69. The van der Waals surface area contributed by atoms with Crippen LogP contribution in [-0.4, -0.2) is 12.2 Å². The largest absolute Gasteiger partial charge is 0.496 e. The number of aliphatic hydroxyl groups excluding tert-OH is 1. The highest BCUT2D eigenvalue weighted by Crippen LogP contribution is 2.27. The van der Waals surface area contributed by atoms with E-state index in [1.165, 1.54) is 0 Å². The third-order valence-electron chi connectivity index (χ3n) is 2.92. The molecule has 0 fully saturated rings. The number of benzene rings is 2. The van der Waals surface area contributed by atoms with E-state index in [2.05, 4.69) is 22.6 Å². The lowest BCUT2D eigenvalue weighted by Gasteiger charge is -2.13. The first-order valence-corrected chi connectivity index (χ1v) is 6.78. The summed E-state index contributed by atoms with van der Waals surface area (Å²) in [6.07, 6.45) is -0.591. The summed E-state index contributed by atoms with van der Waals surface area (Å²) < 4.78 is 6.38. The van der Waals surface area contributed by atoms with Gasteiger partial charge in [0.15, 0.2) is 0 Å². The molecule has 0 radical (unpaired) electrons. The van der Waals surface area contributed by atoms with Crippen molar-refractivity contribution < 1.29 is 9.84 Å². The van der Waals surface area contributed by atoms with Crippen molar-refractivity contribution in [3.63, 3.8) is 0 Å². The van der Waals surface area contributed by atoms with E-state index < -0.39 is 6.10 Å². The van der Waals surface area contributed by atoms with Gasteiger partial charge in [-0.2, -0.15) is 0 Å². The minimum absolute atomic E-state index is 0.591. The molecule has 3 heteroatoms. The van der Waals surface area contributed by atoms with Crippen molar-refractivity contribution in [1.29, 1.82) is 0 Å². The normalized spacial score (nSPS) is 12.2. The van der Waals surface area contributed by atoms with Crippen LogP contribution < -0.4 is 4.74 Å². The molecule has 0 aliphatic carbocycles. The number of aryl methyl sites for hydroxylation is 1. The second kappa shape index (κ2) is 5.71. The molecule has 0 aliphatic rings. The lowest BCUT2D eigenvalue weighted by Crippen LogP contribution is -2.00. The summed E-state index contributed by atoms with van der Waals surface area (Å²) in [5.41, 5.74) is 2.81. The molecule has 0 aromatic heterocycles. The van der Waals surface area contributed by atoms with Crippen LogP contribution in [0.1, 0.15) is 22.8 Å². The van der Waals surface area contributed by atoms with Crippen molar-refractivity contribution in [2.75, 3.05) is 7.11 Å². The molecule has 0 amide bonds. The second-order valence-corrected chi connectivity index (χ2v) is 5.43. The first kappa shape index (κ1) is 13.4. The zero-order valence-electron chi connectivity index (χ0n) is 10.4. The minimum atomic E-state index is -0.591. The molecule has 94 valence electrons. The highest BCUT2D eigenvalue weighted by molar-refractivity contribution is 14.1. The van der Waals surface area contributed by atoms with E-state index in [4.69, 9.17) is 4.74 Å². The fourth-order valence-corrected chi connectivity index (χ4v) is 2.27. The number of methoxy groups -OCH3 is 1. The van der Waals surface area contributed by atoms with Crippen LogP contribution in [-0.2, 0) is 0 Å². The molecule has 18 heavy (non-hydrogen) atoms. The fourth-order valence-electron chi connectivity index (χ4n) is 1.91. The molecule has 0 saturated heterocycles. The standard InChI is InChI=1S/C15H15IO2/c1-10-9-12(5-8-14(10)18-2)15(17)11-3-6-13(16)7-4-11/h3-9,15,17H,1-2H3. The van der Waals surface area contributed by atoms with Crippen LogP contribution in [0.3, 0.4) is 0 Å². The highest BCUT2D eigenvalue weighted by atomic mass is 127. The summed E-state index contributed by atoms with van der Waals surface area (Å²) in [4.78, 5) is 0. The maximum Gasteiger partial charge on any atom is 0.121 e. The molecule has 0 heterocycles. The van der Waals surface area contributed by atoms with Gasteiger partial charge in [0.25, 0.3) is 0 Å². The number of aliphatic hydroxyl groups is 1. The quantitative estimate of drug-likeness (QED) is 0.852. The monoisotopic (exact) mass is 354 g/mol. The van der Waals surface area contributed by atoms with Gasteiger partial charge in [0.1, 0.15) is 11.9 Å². The van der Waals surface area contributed by atoms with E-state index >= 15 is 0 Å². The van der Waals surface area contributed by atoms with Crippen molar-refractivity contribution in [3.05, 3.63) is 62.7 Å². The van der Waals surface area contributed by atoms with Gasteiger partial charge in [-0.3, -0.25) is 0 Å². The second-order valence-electron chi connectivity index (χ2n) is 4.18. The average molecular weight is 354 g/mol. The van der Waals surface area contributed by atoms with E-state index in [0.717, 1.165) is 26.0 Å². The number of halogens is 1. The Kier molecular flexibility index (Phi) is 4.24. The maximum atomic E-state index is 10.3. The van der Waals surface area contributed by atoms with E-state index in [0.29, 0.717) is 0 Å². The lowest BCUT2D eigenvalue weighted by molar-refractivity contribution is 0.220. The Bertz CT molecular complexity index is 535. The zero-order chi connectivity index (χ0) is 13.1. The molecule has 1 atom stereocenters. The molecule has 2 nitrogen and oxygen atoms in total. The number of rotatable bonds is 3. The molecular weight excluding hydrogens is 339 g/mol. The Morgan fingerprint density at radius 1 is 1.06 bits per heavy atom. The van der Waals surface area contributed by atoms with Crippen LogP contribution >= 0.6 is 22.6 Å². The van der Waals surface area contributed by atoms with Gasteiger partial charge in [-0.1, -0.05) is 18.2 Å². The van der Waals surface area contributed by atoms with Gasteiger partial charge < -0.3 is 9.84 Å². The van der Waals surface area contributed by atoms with Crippen molar-refractivity contribution in [3.8, 4) is 5.75 Å². The molecule has 1 unspecified atom stereocenters. The lowest BCUT2D eigenvalue weighted by atomic mass is 10.00. The summed E-state index contributed by atoms with van der Waals surface area (Å²) in [6, 6.07) is 13.6. The zero-order valence-corrected chi connectivity index (χ0v) is 12.5. The van der Waals surface area contributed by atoms with Crippen LogP contribution in [0.15, 0.2) is 42.5 Å². The van der Waals surface area contributed by atoms with Crippen LogP contribution in [0.25, 0.3) is 0 Å². The van der Waals surface area contributed by atoms with E-state index in [1.54, 1.807) is 7.11 Å². The van der Waals surface area contributed by atoms with Crippen molar-refractivity contribution in [2.45, 2.75) is 13.0 Å². The van der Waals surface area contributed by atoms with Gasteiger partial charge in [-0.05, 0) is 70.5 Å². The van der Waals surface area contributed by atoms with Gasteiger partial charge in [0.05, 0.1) is 7.11 Å². The molecule has 2 rings (SSSR count). The van der Waals surface area contributed by atoms with Gasteiger partial charge in [0, 0.05) is 3.57 Å². The Hall–Kier alpha value is -1.07. The third-order valence-corrected chi connectivity index (χ3v) is 3.64.